The molecule has 0 aliphatic heterocycles. The van der Waals surface area contributed by atoms with Crippen LogP contribution in [0.25, 0.3) is 0 Å². The first-order valence-electron chi connectivity index (χ1n) is 2.96. The van der Waals surface area contributed by atoms with Crippen molar-refractivity contribution in [3.05, 3.63) is 24.3 Å². The molecule has 1 atom stereocenters. The van der Waals surface area contributed by atoms with E-state index in [1.165, 1.54) is 6.33 Å². The van der Waals surface area contributed by atoms with Crippen LogP contribution in [-0.4, -0.2) is 21.7 Å². The van der Waals surface area contributed by atoms with E-state index in [-0.39, 0.29) is 12.6 Å². The zero-order valence-corrected chi connectivity index (χ0v) is 5.44. The van der Waals surface area contributed by atoms with E-state index in [9.17, 15) is 0 Å². The van der Waals surface area contributed by atoms with Gasteiger partial charge in [-0.15, -0.1) is 0 Å². The summed E-state index contributed by atoms with van der Waals surface area (Å²) in [6.45, 7) is -0.0760. The van der Waals surface area contributed by atoms with Crippen molar-refractivity contribution >= 4 is 0 Å². The Kier molecular flexibility index (Phi) is 2.30. The zero-order valence-electron chi connectivity index (χ0n) is 5.44. The smallest absolute Gasteiger partial charge is 0.115 e. The quantitative estimate of drug-likeness (QED) is 0.577. The molecular weight excluding hydrogens is 130 g/mol. The second-order valence-electron chi connectivity index (χ2n) is 1.96. The van der Waals surface area contributed by atoms with E-state index in [1.807, 2.05) is 0 Å². The molecule has 0 amide bonds. The van der Waals surface area contributed by atoms with E-state index < -0.39 is 0 Å². The first kappa shape index (κ1) is 7.11. The minimum atomic E-state index is -0.360. The van der Waals surface area contributed by atoms with Crippen molar-refractivity contribution < 1.29 is 5.11 Å². The number of rotatable bonds is 2. The third-order valence-electron chi connectivity index (χ3n) is 1.21. The summed E-state index contributed by atoms with van der Waals surface area (Å²) in [4.78, 5) is 7.50. The van der Waals surface area contributed by atoms with Crippen molar-refractivity contribution in [3.63, 3.8) is 0 Å². The second-order valence-corrected chi connectivity index (χ2v) is 1.96. The molecular formula is C6H9N3O. The summed E-state index contributed by atoms with van der Waals surface area (Å²) in [7, 11) is 0. The molecule has 0 aromatic carbocycles. The van der Waals surface area contributed by atoms with Crippen LogP contribution in [0.1, 0.15) is 11.6 Å². The molecule has 0 unspecified atom stereocenters. The highest BCUT2D eigenvalue weighted by atomic mass is 16.3. The molecule has 4 nitrogen and oxygen atoms in total. The predicted molar refractivity (Wildman–Crippen MR) is 36.0 cm³/mol. The number of nitrogens with zero attached hydrogens (tertiary/aromatic N) is 2. The monoisotopic (exact) mass is 139 g/mol. The van der Waals surface area contributed by atoms with Crippen LogP contribution in [0.3, 0.4) is 0 Å². The van der Waals surface area contributed by atoms with E-state index in [2.05, 4.69) is 9.97 Å². The van der Waals surface area contributed by atoms with E-state index in [4.69, 9.17) is 10.8 Å². The fourth-order valence-electron chi connectivity index (χ4n) is 0.608. The van der Waals surface area contributed by atoms with Crippen molar-refractivity contribution in [2.45, 2.75) is 6.04 Å². The Morgan fingerprint density at radius 1 is 1.50 bits per heavy atom. The van der Waals surface area contributed by atoms with Gasteiger partial charge in [0.1, 0.15) is 6.33 Å². The van der Waals surface area contributed by atoms with Gasteiger partial charge in [0, 0.05) is 18.0 Å². The third kappa shape index (κ3) is 1.49. The molecule has 0 saturated heterocycles. The van der Waals surface area contributed by atoms with Gasteiger partial charge in [-0.1, -0.05) is 0 Å². The van der Waals surface area contributed by atoms with Crippen molar-refractivity contribution in [1.29, 1.82) is 0 Å². The number of aliphatic hydroxyl groups is 1. The Morgan fingerprint density at radius 2 is 2.10 bits per heavy atom. The van der Waals surface area contributed by atoms with Gasteiger partial charge in [-0.05, 0) is 0 Å². The highest BCUT2D eigenvalue weighted by Crippen LogP contribution is 2.03. The normalized spacial score (nSPS) is 13.0. The van der Waals surface area contributed by atoms with Crippen molar-refractivity contribution in [2.75, 3.05) is 6.61 Å². The van der Waals surface area contributed by atoms with Gasteiger partial charge in [-0.2, -0.15) is 0 Å². The lowest BCUT2D eigenvalue weighted by Crippen LogP contribution is -2.14. The van der Waals surface area contributed by atoms with Crippen molar-refractivity contribution in [3.8, 4) is 0 Å². The molecule has 0 fully saturated rings. The number of aromatic nitrogens is 2. The summed E-state index contributed by atoms with van der Waals surface area (Å²) in [6.07, 6.45) is 4.61. The summed E-state index contributed by atoms with van der Waals surface area (Å²) in [6, 6.07) is -0.360. The van der Waals surface area contributed by atoms with Crippen LogP contribution in [0.15, 0.2) is 18.7 Å². The van der Waals surface area contributed by atoms with Crippen LogP contribution in [0.5, 0.6) is 0 Å². The molecule has 1 aromatic heterocycles. The number of nitrogens with two attached hydrogens (primary N) is 1. The molecule has 0 bridgehead atoms. The predicted octanol–water partition coefficient (Wildman–Crippen LogP) is -0.531. The minimum Gasteiger partial charge on any atom is -0.394 e. The Balaban J connectivity index is 2.75. The Bertz CT molecular complexity index is 189. The maximum Gasteiger partial charge on any atom is 0.115 e. The topological polar surface area (TPSA) is 72.0 Å². The minimum absolute atomic E-state index is 0.0760. The summed E-state index contributed by atoms with van der Waals surface area (Å²) >= 11 is 0. The second kappa shape index (κ2) is 3.24. The zero-order chi connectivity index (χ0) is 7.40. The van der Waals surface area contributed by atoms with Gasteiger partial charge in [0.25, 0.3) is 0 Å². The van der Waals surface area contributed by atoms with Gasteiger partial charge in [0.2, 0.25) is 0 Å². The Hall–Kier alpha value is -1.00. The molecule has 10 heavy (non-hydrogen) atoms. The fourth-order valence-corrected chi connectivity index (χ4v) is 0.608. The lowest BCUT2D eigenvalue weighted by Gasteiger charge is -2.04. The summed E-state index contributed by atoms with van der Waals surface area (Å²) in [5.74, 6) is 0. The molecule has 0 radical (unpaired) electrons. The standard InChI is InChI=1S/C6H9N3O/c7-6(3-10)5-1-8-4-9-2-5/h1-2,4,6,10H,3,7H2/t6-/m0/s1. The van der Waals surface area contributed by atoms with E-state index in [0.29, 0.717) is 0 Å². The third-order valence-corrected chi connectivity index (χ3v) is 1.21. The van der Waals surface area contributed by atoms with Crippen LogP contribution in [0.4, 0.5) is 0 Å². The number of aliphatic hydroxyl groups excluding tert-OH is 1. The molecule has 3 N–H and O–H groups in total. The van der Waals surface area contributed by atoms with Gasteiger partial charge in [0.05, 0.1) is 12.6 Å². The molecule has 0 spiro atoms. The lowest BCUT2D eigenvalue weighted by atomic mass is 10.2. The molecule has 0 aliphatic rings. The fraction of sp³-hybridized carbons (Fsp3) is 0.333. The highest BCUT2D eigenvalue weighted by Gasteiger charge is 2.02. The first-order valence-corrected chi connectivity index (χ1v) is 2.96. The first-order chi connectivity index (χ1) is 4.84. The van der Waals surface area contributed by atoms with Gasteiger partial charge in [-0.3, -0.25) is 0 Å². The van der Waals surface area contributed by atoms with Gasteiger partial charge >= 0.3 is 0 Å². The SMILES string of the molecule is N[C@@H](CO)c1cncnc1. The summed E-state index contributed by atoms with van der Waals surface area (Å²) < 4.78 is 0. The van der Waals surface area contributed by atoms with Crippen LogP contribution in [0, 0.1) is 0 Å². The number of hydrogen-bond donors (Lipinski definition) is 2. The summed E-state index contributed by atoms with van der Waals surface area (Å²) in [5, 5.41) is 8.61. The summed E-state index contributed by atoms with van der Waals surface area (Å²) in [5.41, 5.74) is 6.22. The average Bonchev–Trinajstić information content (AvgIpc) is 2.05. The van der Waals surface area contributed by atoms with Crippen LogP contribution in [0.2, 0.25) is 0 Å². The van der Waals surface area contributed by atoms with Crippen LogP contribution >= 0.6 is 0 Å². The molecule has 1 heterocycles. The highest BCUT2D eigenvalue weighted by molar-refractivity contribution is 5.07. The maximum atomic E-state index is 8.61. The molecule has 4 heteroatoms. The molecule has 0 saturated carbocycles. The van der Waals surface area contributed by atoms with E-state index in [0.717, 1.165) is 5.56 Å². The van der Waals surface area contributed by atoms with Gasteiger partial charge in [0.15, 0.2) is 0 Å². The van der Waals surface area contributed by atoms with E-state index in [1.54, 1.807) is 12.4 Å². The van der Waals surface area contributed by atoms with Crippen LogP contribution < -0.4 is 5.73 Å². The Labute approximate surface area is 58.7 Å². The maximum absolute atomic E-state index is 8.61. The molecule has 1 rings (SSSR count). The molecule has 54 valence electrons. The van der Waals surface area contributed by atoms with Crippen molar-refractivity contribution in [2.24, 2.45) is 5.73 Å². The van der Waals surface area contributed by atoms with Gasteiger partial charge < -0.3 is 10.8 Å². The van der Waals surface area contributed by atoms with E-state index >= 15 is 0 Å². The lowest BCUT2D eigenvalue weighted by molar-refractivity contribution is 0.267. The van der Waals surface area contributed by atoms with Gasteiger partial charge in [-0.25, -0.2) is 9.97 Å². The molecule has 1 aromatic rings. The van der Waals surface area contributed by atoms with Crippen molar-refractivity contribution in [1.82, 2.24) is 9.97 Å². The largest absolute Gasteiger partial charge is 0.394 e. The Morgan fingerprint density at radius 3 is 2.60 bits per heavy atom. The average molecular weight is 139 g/mol. The number of hydrogen-bond acceptors (Lipinski definition) is 4. The molecule has 0 aliphatic carbocycles. The van der Waals surface area contributed by atoms with Crippen LogP contribution in [-0.2, 0) is 0 Å².